The third-order valence-electron chi connectivity index (χ3n) is 3.05. The molecule has 0 unspecified atom stereocenters. The lowest BCUT2D eigenvalue weighted by molar-refractivity contribution is 0.0974. The van der Waals surface area contributed by atoms with Crippen molar-refractivity contribution in [3.8, 4) is 0 Å². The molecule has 1 saturated heterocycles. The Bertz CT molecular complexity index is 484. The van der Waals surface area contributed by atoms with Crippen molar-refractivity contribution < 1.29 is 4.79 Å². The van der Waals surface area contributed by atoms with Crippen LogP contribution in [0.1, 0.15) is 28.8 Å². The molecule has 3 nitrogen and oxygen atoms in total. The number of halogens is 1. The van der Waals surface area contributed by atoms with Crippen molar-refractivity contribution in [3.05, 3.63) is 32.9 Å². The average Bonchev–Trinajstić information content (AvgIpc) is 2.86. The summed E-state index contributed by atoms with van der Waals surface area (Å²) in [5.74, 6) is -0.121. The summed E-state index contributed by atoms with van der Waals surface area (Å²) >= 11 is 7.47. The Balaban J connectivity index is 2.02. The van der Waals surface area contributed by atoms with Gasteiger partial charge in [-0.25, -0.2) is 0 Å². The molecule has 1 aliphatic rings. The van der Waals surface area contributed by atoms with Crippen molar-refractivity contribution in [1.29, 1.82) is 0 Å². The first-order chi connectivity index (χ1) is 8.58. The summed E-state index contributed by atoms with van der Waals surface area (Å²) in [6.07, 6.45) is 2.30. The number of rotatable bonds is 1. The van der Waals surface area contributed by atoms with Crippen LogP contribution in [-0.4, -0.2) is 29.0 Å². The number of amides is 1. The molecular weight excluding hydrogens is 359 g/mol. The molecule has 1 heterocycles. The highest BCUT2D eigenvalue weighted by molar-refractivity contribution is 14.1. The molecule has 0 aliphatic carbocycles. The molecule has 0 aromatic heterocycles. The molecule has 0 bridgehead atoms. The van der Waals surface area contributed by atoms with Crippen molar-refractivity contribution in [3.63, 3.8) is 0 Å². The predicted octanol–water partition coefficient (Wildman–Crippen LogP) is 2.71. The van der Waals surface area contributed by atoms with Crippen LogP contribution in [0.2, 0.25) is 0 Å². The molecule has 18 heavy (non-hydrogen) atoms. The van der Waals surface area contributed by atoms with E-state index in [4.69, 9.17) is 12.2 Å². The van der Waals surface area contributed by atoms with Crippen LogP contribution in [0, 0.1) is 10.5 Å². The van der Waals surface area contributed by atoms with Crippen LogP contribution < -0.4 is 5.32 Å². The smallest absolute Gasteiger partial charge is 0.257 e. The van der Waals surface area contributed by atoms with Crippen molar-refractivity contribution in [2.45, 2.75) is 19.8 Å². The van der Waals surface area contributed by atoms with Gasteiger partial charge in [0.05, 0.1) is 0 Å². The van der Waals surface area contributed by atoms with Gasteiger partial charge in [0, 0.05) is 22.2 Å². The number of aryl methyl sites for hydroxylation is 1. The number of nitrogens with one attached hydrogen (secondary N) is 1. The Morgan fingerprint density at radius 3 is 2.67 bits per heavy atom. The minimum atomic E-state index is -0.121. The Morgan fingerprint density at radius 2 is 2.06 bits per heavy atom. The SMILES string of the molecule is Cc1ccc(C(=O)NC(=S)N2CCCC2)cc1I. The molecule has 1 N–H and O–H groups in total. The maximum Gasteiger partial charge on any atom is 0.257 e. The summed E-state index contributed by atoms with van der Waals surface area (Å²) in [5, 5.41) is 3.35. The van der Waals surface area contributed by atoms with Gasteiger partial charge in [0.2, 0.25) is 0 Å². The topological polar surface area (TPSA) is 32.3 Å². The number of benzene rings is 1. The molecule has 1 aromatic rings. The van der Waals surface area contributed by atoms with E-state index in [0.717, 1.165) is 29.5 Å². The third-order valence-corrected chi connectivity index (χ3v) is 4.57. The Labute approximate surface area is 126 Å². The monoisotopic (exact) mass is 374 g/mol. The van der Waals surface area contributed by atoms with Crippen molar-refractivity contribution in [1.82, 2.24) is 10.2 Å². The maximum atomic E-state index is 12.0. The second-order valence-electron chi connectivity index (χ2n) is 4.42. The van der Waals surface area contributed by atoms with Gasteiger partial charge in [-0.2, -0.15) is 0 Å². The van der Waals surface area contributed by atoms with Gasteiger partial charge in [0.15, 0.2) is 5.11 Å². The van der Waals surface area contributed by atoms with E-state index in [1.807, 2.05) is 30.0 Å². The van der Waals surface area contributed by atoms with E-state index in [1.54, 1.807) is 0 Å². The van der Waals surface area contributed by atoms with E-state index < -0.39 is 0 Å². The molecular formula is C13H15IN2OS. The zero-order valence-electron chi connectivity index (χ0n) is 10.2. The number of nitrogens with zero attached hydrogens (tertiary/aromatic N) is 1. The molecule has 5 heteroatoms. The van der Waals surface area contributed by atoms with Gasteiger partial charge in [0.25, 0.3) is 5.91 Å². The molecule has 0 saturated carbocycles. The molecule has 1 aliphatic heterocycles. The first kappa shape index (κ1) is 13.7. The fraction of sp³-hybridized carbons (Fsp3) is 0.385. The molecule has 0 atom stereocenters. The third kappa shape index (κ3) is 3.20. The van der Waals surface area contributed by atoms with Crippen molar-refractivity contribution in [2.24, 2.45) is 0 Å². The van der Waals surface area contributed by atoms with Crippen molar-refractivity contribution in [2.75, 3.05) is 13.1 Å². The number of hydrogen-bond acceptors (Lipinski definition) is 2. The second-order valence-corrected chi connectivity index (χ2v) is 5.97. The van der Waals surface area contributed by atoms with Crippen LogP contribution in [-0.2, 0) is 0 Å². The predicted molar refractivity (Wildman–Crippen MR) is 84.8 cm³/mol. The highest BCUT2D eigenvalue weighted by atomic mass is 127. The van der Waals surface area contributed by atoms with E-state index in [2.05, 4.69) is 27.9 Å². The first-order valence-corrected chi connectivity index (χ1v) is 7.43. The minimum absolute atomic E-state index is 0.121. The standard InChI is InChI=1S/C13H15IN2OS/c1-9-4-5-10(8-11(9)14)12(17)15-13(18)16-6-2-3-7-16/h4-5,8H,2-3,6-7H2,1H3,(H,15,17,18). The van der Waals surface area contributed by atoms with Crippen LogP contribution in [0.15, 0.2) is 18.2 Å². The van der Waals surface area contributed by atoms with Crippen LogP contribution in [0.5, 0.6) is 0 Å². The van der Waals surface area contributed by atoms with Gasteiger partial charge in [-0.1, -0.05) is 6.07 Å². The fourth-order valence-corrected chi connectivity index (χ4v) is 2.69. The fourth-order valence-electron chi connectivity index (χ4n) is 1.90. The number of carbonyl (C=O) groups is 1. The van der Waals surface area contributed by atoms with E-state index >= 15 is 0 Å². The number of likely N-dealkylation sites (tertiary alicyclic amines) is 1. The molecule has 1 amide bonds. The molecule has 0 spiro atoms. The highest BCUT2D eigenvalue weighted by Gasteiger charge is 2.17. The molecule has 0 radical (unpaired) electrons. The zero-order valence-corrected chi connectivity index (χ0v) is 13.2. The van der Waals surface area contributed by atoms with Gasteiger partial charge >= 0.3 is 0 Å². The summed E-state index contributed by atoms with van der Waals surface area (Å²) in [7, 11) is 0. The van der Waals surface area contributed by atoms with Gasteiger partial charge in [0.1, 0.15) is 0 Å². The van der Waals surface area contributed by atoms with Crippen LogP contribution in [0.25, 0.3) is 0 Å². The Morgan fingerprint density at radius 1 is 1.39 bits per heavy atom. The number of hydrogen-bond donors (Lipinski definition) is 1. The van der Waals surface area contributed by atoms with Crippen LogP contribution in [0.4, 0.5) is 0 Å². The normalized spacial score (nSPS) is 14.7. The summed E-state index contributed by atoms with van der Waals surface area (Å²) in [6, 6.07) is 5.67. The van der Waals surface area contributed by atoms with E-state index in [0.29, 0.717) is 10.7 Å². The van der Waals surface area contributed by atoms with E-state index in [9.17, 15) is 4.79 Å². The molecule has 2 rings (SSSR count). The molecule has 96 valence electrons. The lowest BCUT2D eigenvalue weighted by Gasteiger charge is -2.18. The number of thiocarbonyl (C=S) groups is 1. The summed E-state index contributed by atoms with van der Waals surface area (Å²) in [5.41, 5.74) is 1.83. The molecule has 1 aromatic carbocycles. The summed E-state index contributed by atoms with van der Waals surface area (Å²) in [6.45, 7) is 3.92. The van der Waals surface area contributed by atoms with E-state index in [-0.39, 0.29) is 5.91 Å². The zero-order chi connectivity index (χ0) is 13.1. The largest absolute Gasteiger partial charge is 0.349 e. The lowest BCUT2D eigenvalue weighted by Crippen LogP contribution is -2.41. The maximum absolute atomic E-state index is 12.0. The van der Waals surface area contributed by atoms with Crippen LogP contribution in [0.3, 0.4) is 0 Å². The average molecular weight is 374 g/mol. The van der Waals surface area contributed by atoms with Gasteiger partial charge < -0.3 is 4.90 Å². The lowest BCUT2D eigenvalue weighted by atomic mass is 10.1. The number of carbonyl (C=O) groups excluding carboxylic acids is 1. The Kier molecular flexibility index (Phi) is 4.55. The summed E-state index contributed by atoms with van der Waals surface area (Å²) in [4.78, 5) is 14.1. The quantitative estimate of drug-likeness (QED) is 0.606. The second kappa shape index (κ2) is 5.97. The van der Waals surface area contributed by atoms with Gasteiger partial charge in [-0.05, 0) is 72.3 Å². The van der Waals surface area contributed by atoms with Crippen LogP contribution >= 0.6 is 34.8 Å². The van der Waals surface area contributed by atoms with Gasteiger partial charge in [-0.15, -0.1) is 0 Å². The molecule has 1 fully saturated rings. The van der Waals surface area contributed by atoms with E-state index in [1.165, 1.54) is 5.56 Å². The van der Waals surface area contributed by atoms with Crippen molar-refractivity contribution >= 4 is 45.8 Å². The summed E-state index contributed by atoms with van der Waals surface area (Å²) < 4.78 is 1.09. The Hall–Kier alpha value is -0.690. The highest BCUT2D eigenvalue weighted by Crippen LogP contribution is 2.14. The minimum Gasteiger partial charge on any atom is -0.349 e. The first-order valence-electron chi connectivity index (χ1n) is 5.94. The van der Waals surface area contributed by atoms with Gasteiger partial charge in [-0.3, -0.25) is 10.1 Å².